The maximum atomic E-state index is 6.76. The summed E-state index contributed by atoms with van der Waals surface area (Å²) in [6.45, 7) is 8.69. The Morgan fingerprint density at radius 2 is 2.30 bits per heavy atom. The number of nitrogens with two attached hydrogens (primary N) is 1. The van der Waals surface area contributed by atoms with E-state index < -0.39 is 0 Å². The zero-order chi connectivity index (χ0) is 7.72. The second-order valence-corrected chi connectivity index (χ2v) is 3.85. The van der Waals surface area contributed by atoms with E-state index >= 15 is 0 Å². The lowest BCUT2D eigenvalue weighted by atomic mass is 10.4. The molecule has 0 aliphatic heterocycles. The fourth-order valence-corrected chi connectivity index (χ4v) is 2.07. The highest BCUT2D eigenvalue weighted by molar-refractivity contribution is 9.10. The van der Waals surface area contributed by atoms with Crippen molar-refractivity contribution in [3.63, 3.8) is 0 Å². The molecule has 1 rings (SSSR count). The van der Waals surface area contributed by atoms with Gasteiger partial charge in [0.1, 0.15) is 0 Å². The molecule has 52 valence electrons. The highest BCUT2D eigenvalue weighted by atomic mass is 79.9. The summed E-state index contributed by atoms with van der Waals surface area (Å²) in [6.07, 6.45) is 0. The van der Waals surface area contributed by atoms with E-state index in [0.29, 0.717) is 10.7 Å². The SMILES string of the molecule is [C-]#[N+]c1c(N)sc(C)c1Br. The third-order valence-corrected chi connectivity index (χ3v) is 3.28. The van der Waals surface area contributed by atoms with Gasteiger partial charge in [-0.25, -0.2) is 4.85 Å². The van der Waals surface area contributed by atoms with Crippen LogP contribution in [-0.2, 0) is 0 Å². The van der Waals surface area contributed by atoms with Crippen molar-refractivity contribution in [3.05, 3.63) is 20.8 Å². The van der Waals surface area contributed by atoms with Gasteiger partial charge in [0.25, 0.3) is 0 Å². The standard InChI is InChI=1S/C6H5BrN2S/c1-3-4(7)5(9-2)6(8)10-3/h8H2,1H3. The molecule has 1 heterocycles. The van der Waals surface area contributed by atoms with Crippen molar-refractivity contribution >= 4 is 38.0 Å². The van der Waals surface area contributed by atoms with Gasteiger partial charge in [0.15, 0.2) is 0 Å². The Bertz CT molecular complexity index is 297. The molecule has 0 spiro atoms. The van der Waals surface area contributed by atoms with E-state index in [1.807, 2.05) is 6.92 Å². The zero-order valence-corrected chi connectivity index (χ0v) is 7.71. The zero-order valence-electron chi connectivity index (χ0n) is 5.31. The second kappa shape index (κ2) is 2.60. The summed E-state index contributed by atoms with van der Waals surface area (Å²) in [6, 6.07) is 0. The summed E-state index contributed by atoms with van der Waals surface area (Å²) in [5, 5.41) is 0.597. The minimum absolute atomic E-state index is 0.544. The van der Waals surface area contributed by atoms with Crippen LogP contribution in [0.15, 0.2) is 4.47 Å². The van der Waals surface area contributed by atoms with E-state index in [9.17, 15) is 0 Å². The summed E-state index contributed by atoms with van der Waals surface area (Å²) in [7, 11) is 0. The first-order chi connectivity index (χ1) is 4.66. The van der Waals surface area contributed by atoms with Gasteiger partial charge >= 0.3 is 0 Å². The van der Waals surface area contributed by atoms with Crippen molar-refractivity contribution in [2.45, 2.75) is 6.92 Å². The van der Waals surface area contributed by atoms with Crippen molar-refractivity contribution in [2.24, 2.45) is 0 Å². The first kappa shape index (κ1) is 7.58. The van der Waals surface area contributed by atoms with Crippen LogP contribution in [0, 0.1) is 13.5 Å². The molecule has 0 radical (unpaired) electrons. The number of nitrogen functional groups attached to an aromatic ring is 1. The first-order valence-corrected chi connectivity index (χ1v) is 4.19. The molecule has 0 saturated carbocycles. The summed E-state index contributed by atoms with van der Waals surface area (Å²) in [4.78, 5) is 4.34. The lowest BCUT2D eigenvalue weighted by molar-refractivity contribution is 1.60. The predicted molar refractivity (Wildman–Crippen MR) is 47.4 cm³/mol. The quantitative estimate of drug-likeness (QED) is 0.665. The van der Waals surface area contributed by atoms with Crippen LogP contribution in [-0.4, -0.2) is 0 Å². The fourth-order valence-electron chi connectivity index (χ4n) is 0.637. The molecule has 0 amide bonds. The highest BCUT2D eigenvalue weighted by Crippen LogP contribution is 2.41. The van der Waals surface area contributed by atoms with E-state index in [0.717, 1.165) is 9.35 Å². The first-order valence-electron chi connectivity index (χ1n) is 2.58. The largest absolute Gasteiger partial charge is 0.399 e. The third kappa shape index (κ3) is 1.02. The molecule has 10 heavy (non-hydrogen) atoms. The van der Waals surface area contributed by atoms with E-state index in [2.05, 4.69) is 20.8 Å². The molecular weight excluding hydrogens is 212 g/mol. The number of thiophene rings is 1. The molecule has 1 aromatic rings. The molecule has 0 aromatic carbocycles. The van der Waals surface area contributed by atoms with Gasteiger partial charge in [0.05, 0.1) is 11.6 Å². The van der Waals surface area contributed by atoms with Crippen LogP contribution in [0.4, 0.5) is 10.7 Å². The number of aryl methyl sites for hydroxylation is 1. The number of anilines is 1. The Hall–Kier alpha value is -0.530. The molecular formula is C6H5BrN2S. The van der Waals surface area contributed by atoms with Crippen molar-refractivity contribution < 1.29 is 0 Å². The molecule has 4 heteroatoms. The lowest BCUT2D eigenvalue weighted by Gasteiger charge is -1.84. The summed E-state index contributed by atoms with van der Waals surface area (Å²) in [5.41, 5.74) is 6.07. The normalized spacial score (nSPS) is 9.30. The van der Waals surface area contributed by atoms with Crippen LogP contribution in [0.2, 0.25) is 0 Å². The Morgan fingerprint density at radius 1 is 1.70 bits per heavy atom. The molecule has 0 aliphatic carbocycles. The Kier molecular flexibility index (Phi) is 1.97. The minimum atomic E-state index is 0.544. The Balaban J connectivity index is 3.37. The average Bonchev–Trinajstić information content (AvgIpc) is 2.09. The molecule has 0 unspecified atom stereocenters. The predicted octanol–water partition coefficient (Wildman–Crippen LogP) is 2.95. The van der Waals surface area contributed by atoms with Crippen molar-refractivity contribution in [2.75, 3.05) is 5.73 Å². The van der Waals surface area contributed by atoms with Crippen LogP contribution < -0.4 is 5.73 Å². The van der Waals surface area contributed by atoms with Crippen LogP contribution >= 0.6 is 27.3 Å². The van der Waals surface area contributed by atoms with Gasteiger partial charge in [-0.15, -0.1) is 11.3 Å². The van der Waals surface area contributed by atoms with Crippen LogP contribution in [0.3, 0.4) is 0 Å². The number of rotatable bonds is 0. The third-order valence-electron chi connectivity index (χ3n) is 1.13. The van der Waals surface area contributed by atoms with Crippen LogP contribution in [0.5, 0.6) is 0 Å². The van der Waals surface area contributed by atoms with Crippen molar-refractivity contribution in [1.82, 2.24) is 0 Å². The highest BCUT2D eigenvalue weighted by Gasteiger charge is 2.09. The van der Waals surface area contributed by atoms with Crippen LogP contribution in [0.25, 0.3) is 4.85 Å². The van der Waals surface area contributed by atoms with E-state index in [4.69, 9.17) is 12.3 Å². The van der Waals surface area contributed by atoms with Crippen molar-refractivity contribution in [1.29, 1.82) is 0 Å². The molecule has 0 saturated heterocycles. The summed E-state index contributed by atoms with van der Waals surface area (Å²) >= 11 is 4.72. The van der Waals surface area contributed by atoms with Gasteiger partial charge in [0.2, 0.25) is 5.69 Å². The van der Waals surface area contributed by atoms with Gasteiger partial charge in [-0.2, -0.15) is 0 Å². The average molecular weight is 217 g/mol. The Labute approximate surface area is 71.6 Å². The topological polar surface area (TPSA) is 30.4 Å². The minimum Gasteiger partial charge on any atom is -0.399 e. The molecule has 0 aliphatic rings. The van der Waals surface area contributed by atoms with Gasteiger partial charge in [-0.3, -0.25) is 0 Å². The van der Waals surface area contributed by atoms with Gasteiger partial charge in [0, 0.05) is 9.35 Å². The molecule has 1 aromatic heterocycles. The smallest absolute Gasteiger partial charge is 0.234 e. The number of nitrogens with zero attached hydrogens (tertiary/aromatic N) is 1. The Morgan fingerprint density at radius 3 is 2.50 bits per heavy atom. The van der Waals surface area contributed by atoms with Gasteiger partial charge in [-0.05, 0) is 6.92 Å². The van der Waals surface area contributed by atoms with E-state index in [-0.39, 0.29) is 0 Å². The molecule has 2 nitrogen and oxygen atoms in total. The maximum absolute atomic E-state index is 6.76. The van der Waals surface area contributed by atoms with Crippen molar-refractivity contribution in [3.8, 4) is 0 Å². The number of hydrogen-bond acceptors (Lipinski definition) is 2. The fraction of sp³-hybridized carbons (Fsp3) is 0.167. The molecule has 2 N–H and O–H groups in total. The van der Waals surface area contributed by atoms with Gasteiger partial charge in [-0.1, -0.05) is 15.9 Å². The number of halogens is 1. The molecule has 0 fully saturated rings. The molecule has 0 atom stereocenters. The number of hydrogen-bond donors (Lipinski definition) is 1. The second-order valence-electron chi connectivity index (χ2n) is 1.80. The lowest BCUT2D eigenvalue weighted by Crippen LogP contribution is -1.75. The summed E-state index contributed by atoms with van der Waals surface area (Å²) < 4.78 is 0.838. The maximum Gasteiger partial charge on any atom is 0.234 e. The summed E-state index contributed by atoms with van der Waals surface area (Å²) in [5.74, 6) is 0. The molecule has 0 bridgehead atoms. The van der Waals surface area contributed by atoms with Crippen LogP contribution in [0.1, 0.15) is 4.88 Å². The van der Waals surface area contributed by atoms with E-state index in [1.54, 1.807) is 0 Å². The monoisotopic (exact) mass is 216 g/mol. The van der Waals surface area contributed by atoms with Gasteiger partial charge < -0.3 is 5.73 Å². The van der Waals surface area contributed by atoms with E-state index in [1.165, 1.54) is 11.3 Å².